The second-order valence-corrected chi connectivity index (χ2v) is 2.96. The zero-order chi connectivity index (χ0) is 10.3. The van der Waals surface area contributed by atoms with Crippen LogP contribution in [0.5, 0.6) is 0 Å². The van der Waals surface area contributed by atoms with E-state index < -0.39 is 5.97 Å². The van der Waals surface area contributed by atoms with Crippen molar-refractivity contribution in [2.24, 2.45) is 7.05 Å². The summed E-state index contributed by atoms with van der Waals surface area (Å²) in [6, 6.07) is 0. The molecule has 6 heteroatoms. The van der Waals surface area contributed by atoms with Gasteiger partial charge in [0.2, 0.25) is 0 Å². The van der Waals surface area contributed by atoms with E-state index in [9.17, 15) is 9.59 Å². The van der Waals surface area contributed by atoms with E-state index in [-0.39, 0.29) is 22.4 Å². The Labute approximate surface area is 78.1 Å². The number of aryl methyl sites for hydroxylation is 1. The molecule has 2 rings (SSSR count). The van der Waals surface area contributed by atoms with Crippen LogP contribution in [0.2, 0.25) is 0 Å². The molecule has 0 amide bonds. The summed E-state index contributed by atoms with van der Waals surface area (Å²) < 4.78 is 1.52. The summed E-state index contributed by atoms with van der Waals surface area (Å²) in [5, 5.41) is 14.7. The number of carboxylic acids is 1. The molecule has 2 aliphatic heterocycles. The maximum atomic E-state index is 11.2. The number of rotatable bonds is 1. The molecule has 14 heavy (non-hydrogen) atoms. The first-order valence-corrected chi connectivity index (χ1v) is 3.87. The van der Waals surface area contributed by atoms with Crippen LogP contribution < -0.4 is 5.56 Å². The van der Waals surface area contributed by atoms with Crippen molar-refractivity contribution >= 4 is 5.97 Å². The molecule has 0 aromatic carbocycles. The van der Waals surface area contributed by atoms with Crippen molar-refractivity contribution in [3.8, 4) is 11.3 Å². The van der Waals surface area contributed by atoms with Gasteiger partial charge in [0.25, 0.3) is 5.56 Å². The Balaban J connectivity index is 2.84. The maximum absolute atomic E-state index is 11.2. The van der Waals surface area contributed by atoms with Gasteiger partial charge in [0.1, 0.15) is 11.3 Å². The molecule has 0 atom stereocenters. The normalized spacial score (nSPS) is 10.6. The standard InChI is InChI=1S/C8H7N3O3/c1-11-2-4-6(9-10-7(4)12)5(3-11)8(13)14/h2-3H,1H3,(H,10,12)(H,13,14). The molecule has 0 saturated heterocycles. The predicted octanol–water partition coefficient (Wildman–Crippen LogP) is -0.0886. The number of aromatic nitrogens is 3. The molecule has 2 N–H and O–H groups in total. The molecule has 2 heterocycles. The Hall–Kier alpha value is -2.11. The number of carboxylic acid groups (broad SMARTS) is 1. The topological polar surface area (TPSA) is 88.0 Å². The Kier molecular flexibility index (Phi) is 1.63. The molecule has 0 aromatic heterocycles. The van der Waals surface area contributed by atoms with Gasteiger partial charge in [-0.15, -0.1) is 0 Å². The average Bonchev–Trinajstić information content (AvgIpc) is 2.47. The first-order chi connectivity index (χ1) is 6.59. The van der Waals surface area contributed by atoms with E-state index in [4.69, 9.17) is 5.11 Å². The van der Waals surface area contributed by atoms with E-state index >= 15 is 0 Å². The first kappa shape index (κ1) is 8.49. The molecule has 0 aromatic rings. The summed E-state index contributed by atoms with van der Waals surface area (Å²) in [5.41, 5.74) is 0.120. The number of nitrogens with zero attached hydrogens (tertiary/aromatic N) is 2. The van der Waals surface area contributed by atoms with E-state index in [0.717, 1.165) is 0 Å². The fraction of sp³-hybridized carbons (Fsp3) is 0.125. The summed E-state index contributed by atoms with van der Waals surface area (Å²) in [6.07, 6.45) is 2.94. The minimum Gasteiger partial charge on any atom is -0.478 e. The number of aromatic carboxylic acids is 1. The van der Waals surface area contributed by atoms with E-state index in [1.165, 1.54) is 17.0 Å². The van der Waals surface area contributed by atoms with Crippen LogP contribution in [0.1, 0.15) is 10.4 Å². The molecule has 0 saturated carbocycles. The monoisotopic (exact) mass is 193 g/mol. The zero-order valence-electron chi connectivity index (χ0n) is 7.31. The Morgan fingerprint density at radius 2 is 2.29 bits per heavy atom. The van der Waals surface area contributed by atoms with Crippen molar-refractivity contribution in [1.82, 2.24) is 14.8 Å². The number of hydrogen-bond donors (Lipinski definition) is 2. The molecule has 0 unspecified atom stereocenters. The molecule has 2 aliphatic rings. The molecule has 0 aliphatic carbocycles. The maximum Gasteiger partial charge on any atom is 0.339 e. The second kappa shape index (κ2) is 2.69. The minimum atomic E-state index is -1.10. The number of pyridine rings is 1. The fourth-order valence-corrected chi connectivity index (χ4v) is 1.32. The van der Waals surface area contributed by atoms with Crippen LogP contribution in [0.15, 0.2) is 17.2 Å². The molecular weight excluding hydrogens is 186 g/mol. The van der Waals surface area contributed by atoms with Crippen molar-refractivity contribution < 1.29 is 9.90 Å². The lowest BCUT2D eigenvalue weighted by Crippen LogP contribution is -2.08. The summed E-state index contributed by atoms with van der Waals surface area (Å²) >= 11 is 0. The van der Waals surface area contributed by atoms with Gasteiger partial charge in [-0.1, -0.05) is 0 Å². The largest absolute Gasteiger partial charge is 0.478 e. The molecule has 72 valence electrons. The number of nitrogens with one attached hydrogen (secondary N) is 1. The molecule has 0 spiro atoms. The van der Waals surface area contributed by atoms with Gasteiger partial charge >= 0.3 is 5.97 Å². The average molecular weight is 193 g/mol. The zero-order valence-corrected chi connectivity index (χ0v) is 7.31. The summed E-state index contributed by atoms with van der Waals surface area (Å²) in [5.74, 6) is -1.10. The lowest BCUT2D eigenvalue weighted by Gasteiger charge is -2.04. The molecule has 6 nitrogen and oxygen atoms in total. The number of hydrogen-bond acceptors (Lipinski definition) is 3. The lowest BCUT2D eigenvalue weighted by molar-refractivity contribution is 0.0696. The summed E-state index contributed by atoms with van der Waals surface area (Å²) in [6.45, 7) is 0. The third kappa shape index (κ3) is 1.08. The highest BCUT2D eigenvalue weighted by atomic mass is 16.4. The minimum absolute atomic E-state index is 0.0170. The van der Waals surface area contributed by atoms with Gasteiger partial charge in [0.15, 0.2) is 0 Å². The van der Waals surface area contributed by atoms with Crippen molar-refractivity contribution in [1.29, 1.82) is 0 Å². The van der Waals surface area contributed by atoms with Crippen LogP contribution in [0.25, 0.3) is 11.3 Å². The van der Waals surface area contributed by atoms with E-state index in [0.29, 0.717) is 0 Å². The van der Waals surface area contributed by atoms with Crippen molar-refractivity contribution in [2.45, 2.75) is 0 Å². The number of aromatic amines is 1. The smallest absolute Gasteiger partial charge is 0.339 e. The number of carbonyl (C=O) groups is 1. The van der Waals surface area contributed by atoms with Gasteiger partial charge in [0, 0.05) is 19.4 Å². The Bertz CT molecular complexity index is 525. The SMILES string of the molecule is Cn1cc(C(=O)O)c2n[nH]c(=O)c-2c1. The fourth-order valence-electron chi connectivity index (χ4n) is 1.32. The van der Waals surface area contributed by atoms with Gasteiger partial charge in [-0.05, 0) is 0 Å². The first-order valence-electron chi connectivity index (χ1n) is 3.87. The highest BCUT2D eigenvalue weighted by molar-refractivity contribution is 5.94. The van der Waals surface area contributed by atoms with E-state index in [1.54, 1.807) is 7.05 Å². The Morgan fingerprint density at radius 1 is 1.57 bits per heavy atom. The highest BCUT2D eigenvalue weighted by Crippen LogP contribution is 2.18. The molecule has 0 bridgehead atoms. The van der Waals surface area contributed by atoms with E-state index in [2.05, 4.69) is 10.2 Å². The molecule has 0 fully saturated rings. The third-order valence-corrected chi connectivity index (χ3v) is 1.92. The van der Waals surface area contributed by atoms with Crippen molar-refractivity contribution in [3.05, 3.63) is 28.3 Å². The summed E-state index contributed by atoms with van der Waals surface area (Å²) in [7, 11) is 1.65. The van der Waals surface area contributed by atoms with Crippen LogP contribution in [0.3, 0.4) is 0 Å². The number of H-pyrrole nitrogens is 1. The predicted molar refractivity (Wildman–Crippen MR) is 47.4 cm³/mol. The van der Waals surface area contributed by atoms with Crippen molar-refractivity contribution in [3.63, 3.8) is 0 Å². The number of fused-ring (bicyclic) bond motifs is 1. The third-order valence-electron chi connectivity index (χ3n) is 1.92. The van der Waals surface area contributed by atoms with E-state index in [1.807, 2.05) is 0 Å². The molecule has 0 radical (unpaired) electrons. The van der Waals surface area contributed by atoms with Crippen molar-refractivity contribution in [2.75, 3.05) is 0 Å². The highest BCUT2D eigenvalue weighted by Gasteiger charge is 2.19. The van der Waals surface area contributed by atoms with Gasteiger partial charge in [-0.2, -0.15) is 5.10 Å². The van der Waals surface area contributed by atoms with Crippen LogP contribution in [-0.4, -0.2) is 25.8 Å². The lowest BCUT2D eigenvalue weighted by atomic mass is 10.1. The van der Waals surface area contributed by atoms with Gasteiger partial charge in [-0.3, -0.25) is 4.79 Å². The van der Waals surface area contributed by atoms with Crippen LogP contribution in [0.4, 0.5) is 0 Å². The van der Waals surface area contributed by atoms with Crippen LogP contribution in [-0.2, 0) is 7.05 Å². The second-order valence-electron chi connectivity index (χ2n) is 2.96. The quantitative estimate of drug-likeness (QED) is 0.662. The Morgan fingerprint density at radius 3 is 2.93 bits per heavy atom. The van der Waals surface area contributed by atoms with Crippen LogP contribution >= 0.6 is 0 Å². The van der Waals surface area contributed by atoms with Crippen LogP contribution in [0, 0.1) is 0 Å². The van der Waals surface area contributed by atoms with Gasteiger partial charge < -0.3 is 9.67 Å². The molecular formula is C8H7N3O3. The van der Waals surface area contributed by atoms with Gasteiger partial charge in [0.05, 0.1) is 5.56 Å². The van der Waals surface area contributed by atoms with Gasteiger partial charge in [-0.25, -0.2) is 9.89 Å². The summed E-state index contributed by atoms with van der Waals surface area (Å²) in [4.78, 5) is 22.0.